The van der Waals surface area contributed by atoms with E-state index in [0.717, 1.165) is 11.6 Å². The number of aliphatic hydroxyl groups excluding tert-OH is 15. The number of carbonyl (C=O) groups is 3. The van der Waals surface area contributed by atoms with Gasteiger partial charge in [0.05, 0.1) is 90.6 Å². The van der Waals surface area contributed by atoms with Crippen molar-refractivity contribution in [2.45, 2.75) is 278 Å². The molecule has 10 fully saturated rings. The molecule has 5 saturated heterocycles. The highest BCUT2D eigenvalue weighted by Crippen LogP contribution is 2.76. The largest absolute Gasteiger partial charge is 0.493 e. The van der Waals surface area contributed by atoms with Crippen LogP contribution in [0.2, 0.25) is 0 Å². The van der Waals surface area contributed by atoms with Gasteiger partial charge in [-0.25, -0.2) is 4.79 Å². The van der Waals surface area contributed by atoms with Crippen LogP contribution in [0.1, 0.15) is 118 Å². The van der Waals surface area contributed by atoms with Crippen LogP contribution >= 0.6 is 0 Å². The summed E-state index contributed by atoms with van der Waals surface area (Å²) in [6.07, 6.45) is -36.1. The Morgan fingerprint density at radius 2 is 1.25 bits per heavy atom. The van der Waals surface area contributed by atoms with Crippen molar-refractivity contribution in [3.05, 3.63) is 35.4 Å². The minimum absolute atomic E-state index is 0.00519. The van der Waals surface area contributed by atoms with E-state index in [2.05, 4.69) is 26.8 Å². The Bertz CT molecular complexity index is 3500. The number of hydrogen-bond acceptors (Lipinski definition) is 34. The molecule has 5 saturated carbocycles. The molecule has 0 bridgehead atoms. The van der Waals surface area contributed by atoms with Gasteiger partial charge in [0, 0.05) is 11.5 Å². The third kappa shape index (κ3) is 15.2. The average molecular weight is 1600 g/mol. The van der Waals surface area contributed by atoms with Crippen LogP contribution in [-0.4, -0.2) is 337 Å². The third-order valence-corrected chi connectivity index (χ3v) is 27.7. The van der Waals surface area contributed by atoms with E-state index >= 15 is 4.79 Å². The van der Waals surface area contributed by atoms with Crippen LogP contribution in [0.15, 0.2) is 29.9 Å². The van der Waals surface area contributed by atoms with Crippen molar-refractivity contribution in [1.29, 1.82) is 0 Å². The van der Waals surface area contributed by atoms with Crippen molar-refractivity contribution >= 4 is 24.0 Å². The van der Waals surface area contributed by atoms with Crippen molar-refractivity contribution in [3.63, 3.8) is 0 Å². The molecule has 12 rings (SSSR count). The maximum atomic E-state index is 16.3. The van der Waals surface area contributed by atoms with Crippen molar-refractivity contribution in [3.8, 4) is 17.2 Å². The molecule has 0 radical (unpaired) electrons. The molecular weight excluding hydrogens is 1480 g/mol. The van der Waals surface area contributed by atoms with Crippen LogP contribution in [0.25, 0.3) is 6.08 Å². The van der Waals surface area contributed by atoms with Crippen LogP contribution < -0.4 is 14.2 Å². The monoisotopic (exact) mass is 1600 g/mol. The smallest absolute Gasteiger partial charge is 0.331 e. The lowest BCUT2D eigenvalue weighted by molar-refractivity contribution is -0.353. The zero-order valence-corrected chi connectivity index (χ0v) is 64.7. The second-order valence-electron chi connectivity index (χ2n) is 34.6. The molecule has 0 unspecified atom stereocenters. The average Bonchev–Trinajstić information content (AvgIpc) is 0.750. The Kier molecular flexibility index (Phi) is 25.8. The van der Waals surface area contributed by atoms with Crippen LogP contribution in [-0.2, 0) is 71.2 Å². The number of carboxylic acid groups (broad SMARTS) is 1. The normalized spacial score (nSPS) is 48.0. The van der Waals surface area contributed by atoms with E-state index in [0.29, 0.717) is 37.7 Å². The molecule has 634 valence electrons. The van der Waals surface area contributed by atoms with Gasteiger partial charge in [0.1, 0.15) is 128 Å². The zero-order valence-electron chi connectivity index (χ0n) is 64.7. The Labute approximate surface area is 648 Å². The molecule has 5 aliphatic heterocycles. The molecule has 35 nitrogen and oxygen atoms in total. The number of rotatable bonds is 23. The second kappa shape index (κ2) is 33.3. The SMILES string of the molecule is COc1cc(/C=C/C(=O)O[C@@H]2[C@H](O)[C@@H](O[C@@H]3O[C@@H](C)[C@H](OC[C@@H]4OC[C@@H](O)[C@H](O[C@@H]5OC[C@@H](O)[C@H](O)[C@H]5O)[C@H]4O)[C@@H](O[C@@H]4OC[C@](O)(CO)[C@H]4O)[C@H]3O)[C@H](OC(=O)[C@]34CCC(C)(C)C[C@@H]3C3=CC[C@@H]5[C@]6(C)C[C@H](O)[C@@H](O[C@@H]7O[C@H](CO)[C@@H](O)[C@H](O)[C@H]7O)[C@@](C)(C(=O)O)[C@H]6CC[C@@]5(C)[C@]3(CO)CC4)C[C@@H]2C)cc(OC)c1OC. The summed E-state index contributed by atoms with van der Waals surface area (Å²) in [5.74, 6) is -4.59. The molecule has 1 aromatic rings. The third-order valence-electron chi connectivity index (χ3n) is 27.7. The number of fused-ring (bicyclic) bond motifs is 7. The maximum Gasteiger partial charge on any atom is 0.331 e. The Balaban J connectivity index is 0.847. The number of methoxy groups -OCH3 is 3. The number of ether oxygens (including phenoxy) is 15. The number of aliphatic carboxylic acids is 1. The number of aliphatic hydroxyl groups is 16. The molecule has 0 amide bonds. The summed E-state index contributed by atoms with van der Waals surface area (Å²) in [6, 6.07) is 3.17. The molecule has 6 aliphatic carbocycles. The number of esters is 2. The molecule has 17 N–H and O–H groups in total. The van der Waals surface area contributed by atoms with Crippen LogP contribution in [0, 0.1) is 56.2 Å². The summed E-state index contributed by atoms with van der Waals surface area (Å²) in [6.45, 7) is 8.57. The summed E-state index contributed by atoms with van der Waals surface area (Å²) in [5, 5.41) is 191. The number of carboxylic acids is 1. The van der Waals surface area contributed by atoms with Crippen molar-refractivity contribution in [2.24, 2.45) is 56.2 Å². The van der Waals surface area contributed by atoms with E-state index in [1.807, 2.05) is 6.92 Å². The number of hydrogen-bond donors (Lipinski definition) is 17. The minimum Gasteiger partial charge on any atom is -0.493 e. The van der Waals surface area contributed by atoms with Gasteiger partial charge in [0.2, 0.25) is 5.75 Å². The topological polar surface area (TPSA) is 534 Å². The van der Waals surface area contributed by atoms with Gasteiger partial charge in [-0.2, -0.15) is 0 Å². The predicted molar refractivity (Wildman–Crippen MR) is 379 cm³/mol. The van der Waals surface area contributed by atoms with E-state index in [-0.39, 0.29) is 56.0 Å². The quantitative estimate of drug-likeness (QED) is 0.0235. The van der Waals surface area contributed by atoms with Gasteiger partial charge < -0.3 is 158 Å². The van der Waals surface area contributed by atoms with Crippen LogP contribution in [0.5, 0.6) is 17.2 Å². The van der Waals surface area contributed by atoms with E-state index in [4.69, 9.17) is 71.1 Å². The van der Waals surface area contributed by atoms with E-state index in [9.17, 15) is 96.4 Å². The Hall–Kier alpha value is -4.53. The lowest BCUT2D eigenvalue weighted by atomic mass is 9.33. The van der Waals surface area contributed by atoms with Crippen LogP contribution in [0.4, 0.5) is 0 Å². The summed E-state index contributed by atoms with van der Waals surface area (Å²) >= 11 is 0. The molecule has 0 aromatic heterocycles. The van der Waals surface area contributed by atoms with Gasteiger partial charge in [-0.1, -0.05) is 46.3 Å². The van der Waals surface area contributed by atoms with Crippen molar-refractivity contribution in [2.75, 3.05) is 67.6 Å². The zero-order chi connectivity index (χ0) is 81.6. The Morgan fingerprint density at radius 1 is 0.598 bits per heavy atom. The molecular formula is C77H116O35. The van der Waals surface area contributed by atoms with Gasteiger partial charge in [0.25, 0.3) is 0 Å². The minimum atomic E-state index is -2.26. The number of allylic oxidation sites excluding steroid dienone is 1. The van der Waals surface area contributed by atoms with E-state index in [1.54, 1.807) is 19.1 Å². The van der Waals surface area contributed by atoms with Gasteiger partial charge >= 0.3 is 17.9 Å². The molecule has 11 aliphatic rings. The number of carbonyl (C=O) groups excluding carboxylic acids is 2. The first kappa shape index (κ1) is 86.8. The summed E-state index contributed by atoms with van der Waals surface area (Å²) in [4.78, 5) is 44.5. The Morgan fingerprint density at radius 3 is 1.89 bits per heavy atom. The van der Waals surface area contributed by atoms with Gasteiger partial charge in [-0.3, -0.25) is 9.59 Å². The fourth-order valence-electron chi connectivity index (χ4n) is 21.2. The molecule has 36 atom stereocenters. The summed E-state index contributed by atoms with van der Waals surface area (Å²) in [7, 11) is 4.27. The highest BCUT2D eigenvalue weighted by Gasteiger charge is 2.74. The van der Waals surface area contributed by atoms with Crippen molar-refractivity contribution < 1.29 is 172 Å². The summed E-state index contributed by atoms with van der Waals surface area (Å²) < 4.78 is 89.9. The van der Waals surface area contributed by atoms with Gasteiger partial charge in [0.15, 0.2) is 36.7 Å². The van der Waals surface area contributed by atoms with Crippen molar-refractivity contribution in [1.82, 2.24) is 0 Å². The first-order valence-electron chi connectivity index (χ1n) is 38.8. The lowest BCUT2D eigenvalue weighted by Gasteiger charge is -2.71. The molecule has 35 heteroatoms. The maximum absolute atomic E-state index is 16.3. The van der Waals surface area contributed by atoms with E-state index in [1.165, 1.54) is 41.3 Å². The fraction of sp³-hybridized carbons (Fsp3) is 0.831. The van der Waals surface area contributed by atoms with E-state index < -0.39 is 279 Å². The first-order chi connectivity index (χ1) is 52.8. The van der Waals surface area contributed by atoms with Crippen LogP contribution in [0.3, 0.4) is 0 Å². The van der Waals surface area contributed by atoms with Gasteiger partial charge in [-0.05, 0) is 142 Å². The first-order valence-corrected chi connectivity index (χ1v) is 38.8. The highest BCUT2D eigenvalue weighted by molar-refractivity contribution is 5.87. The number of benzene rings is 1. The summed E-state index contributed by atoms with van der Waals surface area (Å²) in [5.41, 5.74) is -7.40. The fourth-order valence-corrected chi connectivity index (χ4v) is 21.2. The molecule has 112 heavy (non-hydrogen) atoms. The highest BCUT2D eigenvalue weighted by atomic mass is 16.8. The molecule has 0 spiro atoms. The molecule has 5 heterocycles. The lowest BCUT2D eigenvalue weighted by Crippen LogP contribution is -2.71. The standard InChI is InChI=1S/C77H116O35/c1-33-21-43(107-70(96)75-18-17-71(3,4)24-37(75)36-12-13-46-72(5)25-38(81)64(112-66-54(90)52(88)50(86)44(26-78)106-66)74(7,69(94)95)47(72)15-16-73(46,6)76(36,30-79)20-19-75)61(55(91)57(33)108-48(84)14-11-35-22-41(98-8)60(100-10)42(23-35)99-9)110-67-56(92)62(111-68-63(93)77(97,31-80)32-104-68)58(34(2)105-67)102-29-45-51(87)59(40(83)28-101-45)109-65-53(89)49(85)39(82)27-103-65/h11-12,14,22-23,33-34,37-40,43-47,49-59,61-68,78-83,85-93,97H,13,15-21,24-32H2,1-10H3,(H,94,95)/b14-11+/t33-,34-,37+,38-,39+,40+,43+,44+,45-,46+,47-,49-,50+,51-,52-,53+,54+,55-,56+,57-,58-,59-,61-,62-,63-,64+,65-,66-,67-,68-,72-,73+,74-,75-,76-,77+/m0/s1. The predicted octanol–water partition coefficient (Wildman–Crippen LogP) is -2.41. The van der Waals surface area contributed by atoms with Gasteiger partial charge in [-0.15, -0.1) is 0 Å². The second-order valence-corrected chi connectivity index (χ2v) is 34.6. The molecule has 1 aromatic carbocycles.